The van der Waals surface area contributed by atoms with Gasteiger partial charge in [0.05, 0.1) is 23.7 Å². The summed E-state index contributed by atoms with van der Waals surface area (Å²) in [6, 6.07) is 4.15. The number of nitrogens with two attached hydrogens (primary N) is 1. The number of hydrogen-bond donors (Lipinski definition) is 2. The second-order valence-electron chi connectivity index (χ2n) is 8.82. The highest BCUT2D eigenvalue weighted by atomic mass is 32.1. The fraction of sp³-hybridized carbons (Fsp3) is 0.524. The summed E-state index contributed by atoms with van der Waals surface area (Å²) in [6.45, 7) is 1.87. The SMILES string of the molecule is COc1c(N2CC[C@@H](C3(N)CC3)C2)ccc2c(=O)c3c(=O)[nH]sc3n(C3CC3)c12. The molecule has 2 aromatic heterocycles. The summed E-state index contributed by atoms with van der Waals surface area (Å²) in [4.78, 5) is 28.5. The number of rotatable bonds is 4. The number of methoxy groups -OCH3 is 1. The van der Waals surface area contributed by atoms with Crippen LogP contribution in [0.25, 0.3) is 21.1 Å². The third kappa shape index (κ3) is 2.45. The fourth-order valence-electron chi connectivity index (χ4n) is 5.02. The number of aromatic nitrogens is 2. The van der Waals surface area contributed by atoms with E-state index in [0.29, 0.717) is 17.3 Å². The quantitative estimate of drug-likeness (QED) is 0.687. The molecule has 1 aromatic carbocycles. The molecule has 0 amide bonds. The largest absolute Gasteiger partial charge is 0.492 e. The van der Waals surface area contributed by atoms with Gasteiger partial charge in [-0.15, -0.1) is 0 Å². The van der Waals surface area contributed by atoms with E-state index in [1.807, 2.05) is 12.1 Å². The number of anilines is 1. The van der Waals surface area contributed by atoms with Crippen molar-refractivity contribution in [3.63, 3.8) is 0 Å². The molecule has 6 rings (SSSR count). The van der Waals surface area contributed by atoms with Crippen molar-refractivity contribution in [2.24, 2.45) is 11.7 Å². The minimum absolute atomic E-state index is 0.0123. The molecule has 0 radical (unpaired) electrons. The summed E-state index contributed by atoms with van der Waals surface area (Å²) in [5.74, 6) is 1.24. The van der Waals surface area contributed by atoms with Crippen LogP contribution in [0.15, 0.2) is 21.7 Å². The first-order valence-corrected chi connectivity index (χ1v) is 11.1. The van der Waals surface area contributed by atoms with Gasteiger partial charge in [-0.3, -0.25) is 14.0 Å². The number of fused-ring (bicyclic) bond motifs is 2. The molecule has 3 heterocycles. The highest BCUT2D eigenvalue weighted by Gasteiger charge is 2.48. The number of pyridine rings is 1. The van der Waals surface area contributed by atoms with Crippen molar-refractivity contribution in [2.75, 3.05) is 25.1 Å². The standard InChI is InChI=1S/C21H24N4O3S/c1-28-18-14(24-9-6-11(10-24)21(22)7-8-21)5-4-13-16(18)25(12-2-3-12)20-15(17(13)26)19(27)23-29-20/h4-5,11-12H,2-3,6-10,22H2,1H3,(H,23,27)/t11-/m1/s1. The molecule has 8 heteroatoms. The highest BCUT2D eigenvalue weighted by Crippen LogP contribution is 2.48. The molecule has 29 heavy (non-hydrogen) atoms. The minimum atomic E-state index is -0.297. The van der Waals surface area contributed by atoms with Crippen molar-refractivity contribution >= 4 is 38.3 Å². The average Bonchev–Trinajstić information content (AvgIpc) is 3.60. The molecular formula is C21H24N4O3S. The van der Waals surface area contributed by atoms with Crippen LogP contribution in [0.3, 0.4) is 0 Å². The number of benzene rings is 1. The zero-order chi connectivity index (χ0) is 19.9. The molecular weight excluding hydrogens is 388 g/mol. The first-order valence-electron chi connectivity index (χ1n) is 10.3. The van der Waals surface area contributed by atoms with Gasteiger partial charge in [-0.05, 0) is 61.7 Å². The molecule has 3 aromatic rings. The molecule has 0 unspecified atom stereocenters. The lowest BCUT2D eigenvalue weighted by molar-refractivity contribution is 0.416. The molecule has 1 atom stereocenters. The van der Waals surface area contributed by atoms with Gasteiger partial charge >= 0.3 is 0 Å². The summed E-state index contributed by atoms with van der Waals surface area (Å²) < 4.78 is 10.8. The molecule has 2 saturated carbocycles. The summed E-state index contributed by atoms with van der Waals surface area (Å²) in [6.07, 6.45) is 5.42. The lowest BCUT2D eigenvalue weighted by Crippen LogP contribution is -2.34. The van der Waals surface area contributed by atoms with Crippen LogP contribution in [0.5, 0.6) is 5.75 Å². The molecule has 0 bridgehead atoms. The summed E-state index contributed by atoms with van der Waals surface area (Å²) in [5.41, 5.74) is 7.81. The van der Waals surface area contributed by atoms with E-state index < -0.39 is 0 Å². The molecule has 3 N–H and O–H groups in total. The third-order valence-electron chi connectivity index (χ3n) is 7.01. The molecule has 1 saturated heterocycles. The fourth-order valence-corrected chi connectivity index (χ4v) is 5.93. The highest BCUT2D eigenvalue weighted by molar-refractivity contribution is 7.12. The van der Waals surface area contributed by atoms with E-state index in [9.17, 15) is 9.59 Å². The van der Waals surface area contributed by atoms with E-state index in [-0.39, 0.29) is 21.9 Å². The second-order valence-corrected chi connectivity index (χ2v) is 9.62. The van der Waals surface area contributed by atoms with Crippen molar-refractivity contribution in [1.82, 2.24) is 8.94 Å². The Morgan fingerprint density at radius 1 is 1.24 bits per heavy atom. The topological polar surface area (TPSA) is 93.3 Å². The summed E-state index contributed by atoms with van der Waals surface area (Å²) in [7, 11) is 1.67. The Kier molecular flexibility index (Phi) is 3.54. The van der Waals surface area contributed by atoms with Gasteiger partial charge in [0, 0.05) is 24.7 Å². The average molecular weight is 413 g/mol. The molecule has 0 spiro atoms. The van der Waals surface area contributed by atoms with E-state index in [1.165, 1.54) is 11.5 Å². The van der Waals surface area contributed by atoms with Crippen molar-refractivity contribution in [2.45, 2.75) is 43.7 Å². The Bertz CT molecular complexity index is 1260. The Hall–Kier alpha value is -2.32. The van der Waals surface area contributed by atoms with Gasteiger partial charge in [-0.25, -0.2) is 0 Å². The maximum atomic E-state index is 13.1. The molecule has 1 aliphatic heterocycles. The van der Waals surface area contributed by atoms with Gasteiger partial charge < -0.3 is 19.9 Å². The zero-order valence-corrected chi connectivity index (χ0v) is 17.2. The lowest BCUT2D eigenvalue weighted by atomic mass is 9.97. The first kappa shape index (κ1) is 17.5. The van der Waals surface area contributed by atoms with Gasteiger partial charge in [0.15, 0.2) is 5.75 Å². The summed E-state index contributed by atoms with van der Waals surface area (Å²) >= 11 is 1.25. The van der Waals surface area contributed by atoms with E-state index in [1.54, 1.807) is 7.11 Å². The molecule has 152 valence electrons. The molecule has 2 aliphatic carbocycles. The van der Waals surface area contributed by atoms with Crippen molar-refractivity contribution in [1.29, 1.82) is 0 Å². The van der Waals surface area contributed by atoms with Crippen LogP contribution in [0, 0.1) is 5.92 Å². The molecule has 3 aliphatic rings. The number of H-pyrrole nitrogens is 1. The van der Waals surface area contributed by atoms with Gasteiger partial charge in [0.25, 0.3) is 5.56 Å². The van der Waals surface area contributed by atoms with Gasteiger partial charge in [0.1, 0.15) is 10.2 Å². The Morgan fingerprint density at radius 2 is 2.03 bits per heavy atom. The normalized spacial score (nSPS) is 23.2. The number of ether oxygens (including phenoxy) is 1. The number of nitrogens with zero attached hydrogens (tertiary/aromatic N) is 2. The monoisotopic (exact) mass is 412 g/mol. The van der Waals surface area contributed by atoms with Crippen LogP contribution in [0.4, 0.5) is 5.69 Å². The van der Waals surface area contributed by atoms with Crippen LogP contribution in [-0.2, 0) is 0 Å². The van der Waals surface area contributed by atoms with Crippen LogP contribution < -0.4 is 26.4 Å². The van der Waals surface area contributed by atoms with Crippen LogP contribution >= 0.6 is 11.5 Å². The van der Waals surface area contributed by atoms with Gasteiger partial charge in [-0.1, -0.05) is 0 Å². The Labute approximate surface area is 171 Å². The number of nitrogens with one attached hydrogen (secondary N) is 1. The van der Waals surface area contributed by atoms with Crippen molar-refractivity contribution in [3.05, 3.63) is 32.7 Å². The van der Waals surface area contributed by atoms with Crippen molar-refractivity contribution < 1.29 is 4.74 Å². The van der Waals surface area contributed by atoms with E-state index in [0.717, 1.165) is 67.0 Å². The maximum Gasteiger partial charge on any atom is 0.271 e. The predicted octanol–water partition coefficient (Wildman–Crippen LogP) is 2.57. The van der Waals surface area contributed by atoms with Gasteiger partial charge in [0.2, 0.25) is 5.43 Å². The minimum Gasteiger partial charge on any atom is -0.492 e. The molecule has 7 nitrogen and oxygen atoms in total. The van der Waals surface area contributed by atoms with Crippen LogP contribution in [-0.4, -0.2) is 34.7 Å². The maximum absolute atomic E-state index is 13.1. The van der Waals surface area contributed by atoms with Gasteiger partial charge in [-0.2, -0.15) is 0 Å². The molecule has 3 fully saturated rings. The zero-order valence-electron chi connectivity index (χ0n) is 16.4. The predicted molar refractivity (Wildman–Crippen MR) is 116 cm³/mol. The van der Waals surface area contributed by atoms with E-state index in [4.69, 9.17) is 10.5 Å². The lowest BCUT2D eigenvalue weighted by Gasteiger charge is -2.25. The van der Waals surface area contributed by atoms with Crippen LogP contribution in [0.1, 0.15) is 38.1 Å². The number of hydrogen-bond acceptors (Lipinski definition) is 6. The van der Waals surface area contributed by atoms with Crippen LogP contribution in [0.2, 0.25) is 0 Å². The van der Waals surface area contributed by atoms with E-state index in [2.05, 4.69) is 13.8 Å². The van der Waals surface area contributed by atoms with Crippen molar-refractivity contribution in [3.8, 4) is 5.75 Å². The third-order valence-corrected chi connectivity index (χ3v) is 7.89. The summed E-state index contributed by atoms with van der Waals surface area (Å²) in [5, 5.41) is 0.825. The Balaban J connectivity index is 1.59. The smallest absolute Gasteiger partial charge is 0.271 e. The second kappa shape index (κ2) is 5.86. The first-order chi connectivity index (χ1) is 14.0. The number of aromatic amines is 1. The van der Waals surface area contributed by atoms with E-state index >= 15 is 0 Å². The Morgan fingerprint density at radius 3 is 2.72 bits per heavy atom.